The van der Waals surface area contributed by atoms with Crippen molar-refractivity contribution in [2.24, 2.45) is 0 Å². The third-order valence-corrected chi connectivity index (χ3v) is 5.70. The Morgan fingerprint density at radius 3 is 2.47 bits per heavy atom. The summed E-state index contributed by atoms with van der Waals surface area (Å²) < 4.78 is 13.2. The highest BCUT2D eigenvalue weighted by Crippen LogP contribution is 2.22. The molecular weight excluding hydrogens is 402 g/mol. The average Bonchev–Trinajstić information content (AvgIpc) is 3.45. The minimum atomic E-state index is -0.289. The Hall–Kier alpha value is -3.80. The maximum atomic E-state index is 12.9. The molecule has 0 aliphatic carbocycles. The van der Waals surface area contributed by atoms with Crippen LogP contribution in [-0.2, 0) is 6.61 Å². The van der Waals surface area contributed by atoms with E-state index in [4.69, 9.17) is 9.26 Å². The number of nitrogens with zero attached hydrogens (tertiary/aromatic N) is 2. The highest BCUT2D eigenvalue weighted by molar-refractivity contribution is 5.94. The van der Waals surface area contributed by atoms with Crippen molar-refractivity contribution in [3.8, 4) is 11.4 Å². The van der Waals surface area contributed by atoms with Gasteiger partial charge in [0.25, 0.3) is 5.91 Å². The molecule has 32 heavy (non-hydrogen) atoms. The third-order valence-electron chi connectivity index (χ3n) is 5.70. The molecule has 0 spiro atoms. The van der Waals surface area contributed by atoms with E-state index < -0.39 is 0 Å². The average molecular weight is 430 g/mol. The van der Waals surface area contributed by atoms with Crippen LogP contribution >= 0.6 is 0 Å². The van der Waals surface area contributed by atoms with Crippen LogP contribution in [0, 0.1) is 20.8 Å². The van der Waals surface area contributed by atoms with Gasteiger partial charge in [-0.1, -0.05) is 23.4 Å². The van der Waals surface area contributed by atoms with Gasteiger partial charge < -0.3 is 19.1 Å². The van der Waals surface area contributed by atoms with Gasteiger partial charge in [-0.25, -0.2) is 0 Å². The first-order valence-corrected chi connectivity index (χ1v) is 10.6. The summed E-state index contributed by atoms with van der Waals surface area (Å²) in [6.07, 6.45) is 3.99. The van der Waals surface area contributed by atoms with Crippen LogP contribution in [0.4, 0.5) is 0 Å². The zero-order valence-corrected chi connectivity index (χ0v) is 18.8. The molecule has 0 radical (unpaired) electrons. The van der Waals surface area contributed by atoms with Crippen LogP contribution in [0.2, 0.25) is 0 Å². The topological polar surface area (TPSA) is 69.3 Å². The number of rotatable bonds is 7. The third kappa shape index (κ3) is 4.59. The standard InChI is InChI=1S/C26H27N3O3/c1-17-7-12-23(15-18(17)2)31-16-24-20(4)32-28-25(24)26(30)27-19(3)21-8-10-22(11-9-21)29-13-5-6-14-29/h5-15,19H,16H2,1-4H3,(H,27,30). The Labute approximate surface area is 187 Å². The summed E-state index contributed by atoms with van der Waals surface area (Å²) in [6, 6.07) is 17.8. The van der Waals surface area contributed by atoms with Gasteiger partial charge in [-0.3, -0.25) is 4.79 Å². The van der Waals surface area contributed by atoms with Crippen molar-refractivity contribution < 1.29 is 14.1 Å². The predicted molar refractivity (Wildman–Crippen MR) is 123 cm³/mol. The normalized spacial score (nSPS) is 11.9. The van der Waals surface area contributed by atoms with Gasteiger partial charge in [0.05, 0.1) is 11.6 Å². The molecular formula is C26H27N3O3. The SMILES string of the molecule is Cc1ccc(OCc2c(C(=O)NC(C)c3ccc(-n4cccc4)cc3)noc2C)cc1C. The van der Waals surface area contributed by atoms with E-state index in [1.165, 1.54) is 5.56 Å². The monoisotopic (exact) mass is 429 g/mol. The summed E-state index contributed by atoms with van der Waals surface area (Å²) in [5, 5.41) is 7.00. The molecule has 2 aromatic carbocycles. The molecule has 6 heteroatoms. The van der Waals surface area contributed by atoms with Crippen molar-refractivity contribution >= 4 is 5.91 Å². The fourth-order valence-electron chi connectivity index (χ4n) is 3.49. The number of benzene rings is 2. The van der Waals surface area contributed by atoms with Gasteiger partial charge in [0.1, 0.15) is 18.1 Å². The Balaban J connectivity index is 1.43. The summed E-state index contributed by atoms with van der Waals surface area (Å²) in [5.74, 6) is 1.03. The molecule has 1 unspecified atom stereocenters. The van der Waals surface area contributed by atoms with Gasteiger partial charge in [0.15, 0.2) is 5.69 Å². The van der Waals surface area contributed by atoms with E-state index in [1.54, 1.807) is 6.92 Å². The van der Waals surface area contributed by atoms with Crippen LogP contribution in [0.25, 0.3) is 5.69 Å². The number of amides is 1. The summed E-state index contributed by atoms with van der Waals surface area (Å²) in [7, 11) is 0. The molecule has 1 atom stereocenters. The first-order valence-electron chi connectivity index (χ1n) is 10.6. The van der Waals surface area contributed by atoms with Crippen LogP contribution < -0.4 is 10.1 Å². The lowest BCUT2D eigenvalue weighted by molar-refractivity contribution is 0.0928. The lowest BCUT2D eigenvalue weighted by Crippen LogP contribution is -2.28. The van der Waals surface area contributed by atoms with E-state index in [9.17, 15) is 4.79 Å². The Bertz CT molecular complexity index is 1210. The Morgan fingerprint density at radius 1 is 1.06 bits per heavy atom. The van der Waals surface area contributed by atoms with Gasteiger partial charge in [-0.15, -0.1) is 0 Å². The maximum absolute atomic E-state index is 12.9. The summed E-state index contributed by atoms with van der Waals surface area (Å²) >= 11 is 0. The largest absolute Gasteiger partial charge is 0.489 e. The maximum Gasteiger partial charge on any atom is 0.274 e. The smallest absolute Gasteiger partial charge is 0.274 e. The second-order valence-electron chi connectivity index (χ2n) is 7.98. The van der Waals surface area contributed by atoms with E-state index in [0.29, 0.717) is 11.3 Å². The van der Waals surface area contributed by atoms with E-state index in [2.05, 4.69) is 17.4 Å². The molecule has 0 saturated carbocycles. The van der Waals surface area contributed by atoms with Crippen LogP contribution in [0.15, 0.2) is 71.5 Å². The van der Waals surface area contributed by atoms with Gasteiger partial charge >= 0.3 is 0 Å². The zero-order chi connectivity index (χ0) is 22.7. The summed E-state index contributed by atoms with van der Waals surface area (Å²) in [6.45, 7) is 8.03. The lowest BCUT2D eigenvalue weighted by atomic mass is 10.1. The number of ether oxygens (including phenoxy) is 1. The lowest BCUT2D eigenvalue weighted by Gasteiger charge is -2.15. The number of carbonyl (C=O) groups excluding carboxylic acids is 1. The summed E-state index contributed by atoms with van der Waals surface area (Å²) in [4.78, 5) is 12.9. The molecule has 1 N–H and O–H groups in total. The molecule has 6 nitrogen and oxygen atoms in total. The molecule has 4 rings (SSSR count). The molecule has 0 fully saturated rings. The van der Waals surface area contributed by atoms with Crippen LogP contribution in [0.3, 0.4) is 0 Å². The molecule has 0 saturated heterocycles. The van der Waals surface area contributed by atoms with Gasteiger partial charge in [-0.2, -0.15) is 0 Å². The number of hydrogen-bond donors (Lipinski definition) is 1. The van der Waals surface area contributed by atoms with Crippen molar-refractivity contribution in [2.45, 2.75) is 40.3 Å². The molecule has 4 aromatic rings. The molecule has 2 heterocycles. The molecule has 0 bridgehead atoms. The number of hydrogen-bond acceptors (Lipinski definition) is 4. The van der Waals surface area contributed by atoms with Crippen molar-refractivity contribution in [1.29, 1.82) is 0 Å². The molecule has 1 amide bonds. The number of aryl methyl sites for hydroxylation is 3. The number of nitrogens with one attached hydrogen (secondary N) is 1. The first-order chi connectivity index (χ1) is 15.4. The minimum absolute atomic E-state index is 0.188. The van der Waals surface area contributed by atoms with E-state index in [0.717, 1.165) is 22.6 Å². The highest BCUT2D eigenvalue weighted by Gasteiger charge is 2.22. The molecule has 0 aliphatic heterocycles. The van der Waals surface area contributed by atoms with Crippen molar-refractivity contribution in [3.63, 3.8) is 0 Å². The Morgan fingerprint density at radius 2 is 1.78 bits per heavy atom. The second-order valence-corrected chi connectivity index (χ2v) is 7.98. The van der Waals surface area contributed by atoms with Gasteiger partial charge in [-0.05, 0) is 80.8 Å². The molecule has 0 aliphatic rings. The quantitative estimate of drug-likeness (QED) is 0.423. The van der Waals surface area contributed by atoms with Crippen molar-refractivity contribution in [1.82, 2.24) is 15.0 Å². The highest BCUT2D eigenvalue weighted by atomic mass is 16.5. The van der Waals surface area contributed by atoms with Gasteiger partial charge in [0, 0.05) is 18.1 Å². The Kier molecular flexibility index (Phi) is 6.12. The fourth-order valence-corrected chi connectivity index (χ4v) is 3.49. The molecule has 2 aromatic heterocycles. The van der Waals surface area contributed by atoms with Crippen LogP contribution in [0.5, 0.6) is 5.75 Å². The van der Waals surface area contributed by atoms with Crippen LogP contribution in [0.1, 0.15) is 51.5 Å². The number of aromatic nitrogens is 2. The van der Waals surface area contributed by atoms with Crippen molar-refractivity contribution in [2.75, 3.05) is 0 Å². The minimum Gasteiger partial charge on any atom is -0.489 e. The predicted octanol–water partition coefficient (Wildman–Crippen LogP) is 5.46. The number of carbonyl (C=O) groups is 1. The fraction of sp³-hybridized carbons (Fsp3) is 0.231. The first kappa shape index (κ1) is 21.4. The van der Waals surface area contributed by atoms with E-state index in [-0.39, 0.29) is 24.2 Å². The zero-order valence-electron chi connectivity index (χ0n) is 18.8. The van der Waals surface area contributed by atoms with E-state index in [1.807, 2.05) is 85.4 Å². The van der Waals surface area contributed by atoms with Gasteiger partial charge in [0.2, 0.25) is 0 Å². The molecule has 164 valence electrons. The van der Waals surface area contributed by atoms with E-state index >= 15 is 0 Å². The van der Waals surface area contributed by atoms with Crippen LogP contribution in [-0.4, -0.2) is 15.6 Å². The summed E-state index contributed by atoms with van der Waals surface area (Å²) in [5.41, 5.74) is 5.32. The van der Waals surface area contributed by atoms with Crippen molar-refractivity contribution in [3.05, 3.63) is 101 Å². The second kappa shape index (κ2) is 9.14.